The summed E-state index contributed by atoms with van der Waals surface area (Å²) in [6.45, 7) is 7.15. The molecule has 3 amide bonds. The van der Waals surface area contributed by atoms with Gasteiger partial charge in [-0.25, -0.2) is 0 Å². The molecule has 8 nitrogen and oxygen atoms in total. The van der Waals surface area contributed by atoms with E-state index in [0.717, 1.165) is 44.9 Å². The fraction of sp³-hybridized carbons (Fsp3) is 0.714. The highest BCUT2D eigenvalue weighted by Crippen LogP contribution is 2.29. The van der Waals surface area contributed by atoms with Gasteiger partial charge >= 0.3 is 0 Å². The maximum Gasteiger partial charge on any atom is 0.273 e. The number of aromatic nitrogens is 2. The van der Waals surface area contributed by atoms with Crippen LogP contribution in [0.1, 0.15) is 86.7 Å². The Balaban J connectivity index is 1.88. The fourth-order valence-electron chi connectivity index (χ4n) is 4.16. The van der Waals surface area contributed by atoms with Gasteiger partial charge in [0.2, 0.25) is 5.91 Å². The first-order valence-electron chi connectivity index (χ1n) is 10.9. The van der Waals surface area contributed by atoms with E-state index in [1.807, 2.05) is 13.8 Å². The topological polar surface area (TPSA) is 96.3 Å². The van der Waals surface area contributed by atoms with E-state index in [1.54, 1.807) is 11.0 Å². The summed E-state index contributed by atoms with van der Waals surface area (Å²) in [5.41, 5.74) is -0.433. The van der Waals surface area contributed by atoms with Gasteiger partial charge in [0, 0.05) is 25.2 Å². The molecule has 1 aliphatic carbocycles. The van der Waals surface area contributed by atoms with Gasteiger partial charge in [-0.05, 0) is 32.6 Å². The Hall–Kier alpha value is -2.38. The van der Waals surface area contributed by atoms with Gasteiger partial charge in [-0.1, -0.05) is 33.1 Å². The van der Waals surface area contributed by atoms with Crippen LogP contribution >= 0.6 is 0 Å². The summed E-state index contributed by atoms with van der Waals surface area (Å²) in [6, 6.07) is 1.72. The van der Waals surface area contributed by atoms with Crippen LogP contribution in [0.15, 0.2) is 6.07 Å². The summed E-state index contributed by atoms with van der Waals surface area (Å²) < 4.78 is 1.53. The maximum absolute atomic E-state index is 13.3. The number of carbonyl (C=O) groups is 3. The van der Waals surface area contributed by atoms with E-state index in [2.05, 4.69) is 22.7 Å². The molecule has 1 aromatic heterocycles. The van der Waals surface area contributed by atoms with E-state index < -0.39 is 5.54 Å². The number of nitrogens with zero attached hydrogens (tertiary/aromatic N) is 3. The molecule has 0 saturated heterocycles. The second-order valence-corrected chi connectivity index (χ2v) is 8.37. The van der Waals surface area contributed by atoms with E-state index >= 15 is 0 Å². The molecule has 0 bridgehead atoms. The second kappa shape index (κ2) is 8.97. The number of fused-ring (bicyclic) bond motifs is 1. The Labute approximate surface area is 172 Å². The van der Waals surface area contributed by atoms with Crippen molar-refractivity contribution >= 4 is 17.7 Å². The Morgan fingerprint density at radius 1 is 1.24 bits per heavy atom. The van der Waals surface area contributed by atoms with Crippen LogP contribution in [0.4, 0.5) is 0 Å². The van der Waals surface area contributed by atoms with E-state index in [1.165, 1.54) is 4.68 Å². The third-order valence-electron chi connectivity index (χ3n) is 5.98. The van der Waals surface area contributed by atoms with Crippen molar-refractivity contribution in [1.82, 2.24) is 25.3 Å². The summed E-state index contributed by atoms with van der Waals surface area (Å²) >= 11 is 0. The molecule has 1 saturated carbocycles. The average molecular weight is 404 g/mol. The van der Waals surface area contributed by atoms with Crippen LogP contribution in [0.5, 0.6) is 0 Å². The number of unbranched alkanes of at least 4 members (excludes halogenated alkanes) is 1. The lowest BCUT2D eigenvalue weighted by Crippen LogP contribution is -2.65. The smallest absolute Gasteiger partial charge is 0.273 e. The molecule has 160 valence electrons. The first kappa shape index (κ1) is 21.3. The van der Waals surface area contributed by atoms with Crippen molar-refractivity contribution in [3.8, 4) is 0 Å². The van der Waals surface area contributed by atoms with Crippen LogP contribution in [0.3, 0.4) is 0 Å². The van der Waals surface area contributed by atoms with Crippen molar-refractivity contribution in [3.05, 3.63) is 17.5 Å². The lowest BCUT2D eigenvalue weighted by molar-refractivity contribution is -0.133. The Morgan fingerprint density at radius 2 is 1.97 bits per heavy atom. The summed E-state index contributed by atoms with van der Waals surface area (Å²) in [4.78, 5) is 40.5. The average Bonchev–Trinajstić information content (AvgIpc) is 3.35. The van der Waals surface area contributed by atoms with Crippen LogP contribution in [0, 0.1) is 0 Å². The summed E-state index contributed by atoms with van der Waals surface area (Å²) in [5, 5.41) is 10.3. The monoisotopic (exact) mass is 403 g/mol. The summed E-state index contributed by atoms with van der Waals surface area (Å²) in [6.07, 6.45) is 6.78. The first-order valence-corrected chi connectivity index (χ1v) is 10.9. The SMILES string of the molecule is CCCCN1C(=O)c2cc(C(=O)NCCC)nn2C[C@@]1(C)C(=O)NC1CCCC1. The van der Waals surface area contributed by atoms with Crippen LogP contribution < -0.4 is 10.6 Å². The van der Waals surface area contributed by atoms with Gasteiger partial charge in [-0.15, -0.1) is 0 Å². The van der Waals surface area contributed by atoms with Crippen molar-refractivity contribution in [2.75, 3.05) is 13.1 Å². The molecule has 1 fully saturated rings. The van der Waals surface area contributed by atoms with Crippen molar-refractivity contribution < 1.29 is 14.4 Å². The largest absolute Gasteiger partial charge is 0.351 e. The predicted molar refractivity (Wildman–Crippen MR) is 110 cm³/mol. The molecule has 0 spiro atoms. The third-order valence-corrected chi connectivity index (χ3v) is 5.98. The highest BCUT2D eigenvalue weighted by molar-refractivity contribution is 6.01. The fourth-order valence-corrected chi connectivity index (χ4v) is 4.16. The molecule has 8 heteroatoms. The lowest BCUT2D eigenvalue weighted by Gasteiger charge is -2.43. The first-order chi connectivity index (χ1) is 13.9. The van der Waals surface area contributed by atoms with Crippen molar-refractivity contribution in [2.24, 2.45) is 0 Å². The molecule has 1 atom stereocenters. The zero-order chi connectivity index (χ0) is 21.0. The zero-order valence-corrected chi connectivity index (χ0v) is 17.8. The van der Waals surface area contributed by atoms with Crippen LogP contribution in [-0.2, 0) is 11.3 Å². The number of nitrogens with one attached hydrogen (secondary N) is 2. The van der Waals surface area contributed by atoms with Gasteiger partial charge in [0.25, 0.3) is 11.8 Å². The molecular formula is C21H33N5O3. The maximum atomic E-state index is 13.3. The second-order valence-electron chi connectivity index (χ2n) is 8.37. The standard InChI is InChI=1S/C21H33N5O3/c1-4-6-12-25-19(28)17-13-16(18(27)22-11-5-2)24-26(17)14-21(25,3)20(29)23-15-9-7-8-10-15/h13,15H,4-12,14H2,1-3H3,(H,22,27)(H,23,29)/t21-/m0/s1. The van der Waals surface area contributed by atoms with E-state index in [9.17, 15) is 14.4 Å². The molecule has 1 aromatic rings. The number of rotatable bonds is 8. The summed E-state index contributed by atoms with van der Waals surface area (Å²) in [5.74, 6) is -0.665. The van der Waals surface area contributed by atoms with E-state index in [4.69, 9.17) is 0 Å². The van der Waals surface area contributed by atoms with Gasteiger partial charge in [0.15, 0.2) is 5.69 Å². The van der Waals surface area contributed by atoms with Gasteiger partial charge in [-0.3, -0.25) is 19.1 Å². The molecule has 2 N–H and O–H groups in total. The van der Waals surface area contributed by atoms with Crippen LogP contribution in [0.2, 0.25) is 0 Å². The molecule has 0 aromatic carbocycles. The molecule has 29 heavy (non-hydrogen) atoms. The van der Waals surface area contributed by atoms with E-state index in [-0.39, 0.29) is 36.0 Å². The highest BCUT2D eigenvalue weighted by atomic mass is 16.2. The van der Waals surface area contributed by atoms with Gasteiger partial charge in [0.05, 0.1) is 6.54 Å². The number of amides is 3. The normalized spacial score (nSPS) is 21.9. The molecule has 0 radical (unpaired) electrons. The molecule has 0 unspecified atom stereocenters. The highest BCUT2D eigenvalue weighted by Gasteiger charge is 2.48. The van der Waals surface area contributed by atoms with Crippen molar-refractivity contribution in [1.29, 1.82) is 0 Å². The van der Waals surface area contributed by atoms with Gasteiger partial charge in [-0.2, -0.15) is 5.10 Å². The third kappa shape index (κ3) is 4.31. The number of hydrogen-bond donors (Lipinski definition) is 2. The van der Waals surface area contributed by atoms with Crippen molar-refractivity contribution in [3.63, 3.8) is 0 Å². The Kier molecular flexibility index (Phi) is 6.59. The number of hydrogen-bond acceptors (Lipinski definition) is 4. The van der Waals surface area contributed by atoms with Crippen LogP contribution in [-0.4, -0.2) is 57.1 Å². The van der Waals surface area contributed by atoms with Gasteiger partial charge < -0.3 is 15.5 Å². The minimum atomic E-state index is -1.02. The molecule has 2 heterocycles. The molecule has 1 aliphatic heterocycles. The summed E-state index contributed by atoms with van der Waals surface area (Å²) in [7, 11) is 0. The predicted octanol–water partition coefficient (Wildman–Crippen LogP) is 2.10. The Morgan fingerprint density at radius 3 is 2.62 bits per heavy atom. The molecule has 2 aliphatic rings. The minimum absolute atomic E-state index is 0.132. The van der Waals surface area contributed by atoms with E-state index in [0.29, 0.717) is 18.8 Å². The lowest BCUT2D eigenvalue weighted by atomic mass is 9.94. The van der Waals surface area contributed by atoms with Gasteiger partial charge in [0.1, 0.15) is 11.2 Å². The number of carbonyl (C=O) groups excluding carboxylic acids is 3. The molecular weight excluding hydrogens is 370 g/mol. The van der Waals surface area contributed by atoms with Crippen molar-refractivity contribution in [2.45, 2.75) is 83.8 Å². The minimum Gasteiger partial charge on any atom is -0.351 e. The Bertz CT molecular complexity index is 768. The van der Waals surface area contributed by atoms with Crippen LogP contribution in [0.25, 0.3) is 0 Å². The zero-order valence-electron chi connectivity index (χ0n) is 17.8. The molecule has 3 rings (SSSR count). The quantitative estimate of drug-likeness (QED) is 0.695.